The van der Waals surface area contributed by atoms with Crippen LogP contribution < -0.4 is 5.32 Å². The molecule has 0 atom stereocenters. The van der Waals surface area contributed by atoms with E-state index in [1.165, 1.54) is 49.7 Å². The van der Waals surface area contributed by atoms with Crippen LogP contribution in [0.1, 0.15) is 61.8 Å². The first-order valence-corrected chi connectivity index (χ1v) is 12.5. The maximum atomic E-state index is 12.8. The number of nitrogens with one attached hydrogen (secondary N) is 1. The van der Waals surface area contributed by atoms with Crippen molar-refractivity contribution in [2.24, 2.45) is 23.2 Å². The minimum atomic E-state index is 0.223. The van der Waals surface area contributed by atoms with Crippen LogP contribution in [0, 0.1) is 23.2 Å². The normalized spacial score (nSPS) is 30.2. The first-order chi connectivity index (χ1) is 15.7. The van der Waals surface area contributed by atoms with Crippen molar-refractivity contribution in [3.8, 4) is 0 Å². The van der Waals surface area contributed by atoms with Crippen LogP contribution in [0.5, 0.6) is 0 Å². The third kappa shape index (κ3) is 3.91. The molecule has 4 bridgehead atoms. The molecule has 0 saturated heterocycles. The second kappa shape index (κ2) is 8.17. The van der Waals surface area contributed by atoms with Crippen molar-refractivity contribution in [1.82, 2.24) is 14.9 Å². The number of hydrogen-bond donors (Lipinski definition) is 1. The molecular weight excluding hydrogens is 396 g/mol. The Labute approximate surface area is 191 Å². The number of aromatic nitrogens is 2. The topological polar surface area (TPSA) is 58.1 Å². The van der Waals surface area contributed by atoms with Crippen LogP contribution in [-0.4, -0.2) is 33.9 Å². The zero-order valence-electron chi connectivity index (χ0n) is 18.9. The number of rotatable bonds is 6. The highest BCUT2D eigenvalue weighted by Crippen LogP contribution is 2.59. The first kappa shape index (κ1) is 20.2. The average molecular weight is 431 g/mol. The van der Waals surface area contributed by atoms with E-state index in [-0.39, 0.29) is 5.91 Å². The summed E-state index contributed by atoms with van der Waals surface area (Å²) in [6.45, 7) is 2.43. The lowest BCUT2D eigenvalue weighted by atomic mass is 9.49. The van der Waals surface area contributed by atoms with Crippen LogP contribution >= 0.6 is 0 Å². The predicted octanol–water partition coefficient (Wildman–Crippen LogP) is 4.62. The third-order valence-corrected chi connectivity index (χ3v) is 8.63. The standard InChI is InChI=1S/C27H34N4O/c32-25(7-6-19-4-2-1-3-5-19)31-9-8-23-24(16-31)29-18-30-26(23)28-17-27-13-20-10-21(14-27)12-22(11-20)15-27/h1-5,18,20-22H,6-17H2,(H,28,29,30). The minimum Gasteiger partial charge on any atom is -0.369 e. The molecule has 32 heavy (non-hydrogen) atoms. The lowest BCUT2D eigenvalue weighted by Crippen LogP contribution is -2.49. The van der Waals surface area contributed by atoms with E-state index in [4.69, 9.17) is 0 Å². The summed E-state index contributed by atoms with van der Waals surface area (Å²) in [5, 5.41) is 3.77. The summed E-state index contributed by atoms with van der Waals surface area (Å²) in [7, 11) is 0. The van der Waals surface area contributed by atoms with Crippen molar-refractivity contribution in [3.63, 3.8) is 0 Å². The van der Waals surface area contributed by atoms with Gasteiger partial charge in [0.05, 0.1) is 12.2 Å². The molecule has 5 aliphatic rings. The fourth-order valence-electron chi connectivity index (χ4n) is 7.55. The number of nitrogens with zero attached hydrogens (tertiary/aromatic N) is 3. The monoisotopic (exact) mass is 430 g/mol. The van der Waals surface area contributed by atoms with E-state index in [1.54, 1.807) is 6.33 Å². The molecule has 1 N–H and O–H groups in total. The van der Waals surface area contributed by atoms with E-state index in [2.05, 4.69) is 27.4 Å². The molecule has 4 fully saturated rings. The van der Waals surface area contributed by atoms with Gasteiger partial charge in [0.15, 0.2) is 0 Å². The number of aryl methyl sites for hydroxylation is 1. The maximum absolute atomic E-state index is 12.8. The highest BCUT2D eigenvalue weighted by molar-refractivity contribution is 5.77. The molecule has 1 amide bonds. The van der Waals surface area contributed by atoms with E-state index in [0.29, 0.717) is 18.4 Å². The molecule has 4 saturated carbocycles. The van der Waals surface area contributed by atoms with E-state index in [1.807, 2.05) is 23.1 Å². The number of benzene rings is 1. The van der Waals surface area contributed by atoms with Gasteiger partial charge in [0.2, 0.25) is 5.91 Å². The quantitative estimate of drug-likeness (QED) is 0.726. The summed E-state index contributed by atoms with van der Waals surface area (Å²) in [5.41, 5.74) is 3.95. The second-order valence-corrected chi connectivity index (χ2v) is 11.0. The Morgan fingerprint density at radius 2 is 1.75 bits per heavy atom. The Hall–Kier alpha value is -2.43. The molecule has 2 aromatic rings. The number of carbonyl (C=O) groups excluding carboxylic acids is 1. The number of carbonyl (C=O) groups is 1. The van der Waals surface area contributed by atoms with Crippen molar-refractivity contribution < 1.29 is 4.79 Å². The molecule has 4 aliphatic carbocycles. The second-order valence-electron chi connectivity index (χ2n) is 11.0. The molecule has 1 aromatic heterocycles. The molecule has 2 heterocycles. The fraction of sp³-hybridized carbons (Fsp3) is 0.593. The summed E-state index contributed by atoms with van der Waals surface area (Å²) < 4.78 is 0. The Balaban J connectivity index is 1.09. The molecule has 1 aliphatic heterocycles. The molecule has 0 spiro atoms. The van der Waals surface area contributed by atoms with Crippen molar-refractivity contribution in [2.45, 2.75) is 64.3 Å². The molecular formula is C27H34N4O. The van der Waals surface area contributed by atoms with Crippen molar-refractivity contribution in [3.05, 3.63) is 53.5 Å². The first-order valence-electron chi connectivity index (χ1n) is 12.5. The molecule has 5 heteroatoms. The van der Waals surface area contributed by atoms with E-state index in [0.717, 1.165) is 55.2 Å². The van der Waals surface area contributed by atoms with Crippen molar-refractivity contribution >= 4 is 11.7 Å². The zero-order chi connectivity index (χ0) is 21.5. The van der Waals surface area contributed by atoms with Crippen LogP contribution in [-0.2, 0) is 24.2 Å². The highest BCUT2D eigenvalue weighted by atomic mass is 16.2. The minimum absolute atomic E-state index is 0.223. The van der Waals surface area contributed by atoms with Gasteiger partial charge in [-0.05, 0) is 80.1 Å². The van der Waals surface area contributed by atoms with Gasteiger partial charge < -0.3 is 10.2 Å². The van der Waals surface area contributed by atoms with Crippen LogP contribution in [0.3, 0.4) is 0 Å². The number of hydrogen-bond acceptors (Lipinski definition) is 4. The van der Waals surface area contributed by atoms with Crippen molar-refractivity contribution in [1.29, 1.82) is 0 Å². The van der Waals surface area contributed by atoms with Gasteiger partial charge in [-0.3, -0.25) is 4.79 Å². The van der Waals surface area contributed by atoms with Gasteiger partial charge >= 0.3 is 0 Å². The molecule has 0 unspecified atom stereocenters. The summed E-state index contributed by atoms with van der Waals surface area (Å²) in [4.78, 5) is 24.0. The maximum Gasteiger partial charge on any atom is 0.223 e. The summed E-state index contributed by atoms with van der Waals surface area (Å²) in [5.74, 6) is 4.15. The Morgan fingerprint density at radius 1 is 1.03 bits per heavy atom. The van der Waals surface area contributed by atoms with Gasteiger partial charge in [-0.2, -0.15) is 0 Å². The zero-order valence-corrected chi connectivity index (χ0v) is 18.9. The van der Waals surface area contributed by atoms with Gasteiger partial charge in [0.1, 0.15) is 12.1 Å². The summed E-state index contributed by atoms with van der Waals surface area (Å²) in [6.07, 6.45) is 12.5. The molecule has 0 radical (unpaired) electrons. The summed E-state index contributed by atoms with van der Waals surface area (Å²) >= 11 is 0. The lowest BCUT2D eigenvalue weighted by molar-refractivity contribution is -0.132. The number of amides is 1. The van der Waals surface area contributed by atoms with Crippen LogP contribution in [0.15, 0.2) is 36.7 Å². The van der Waals surface area contributed by atoms with Crippen LogP contribution in [0.4, 0.5) is 5.82 Å². The number of fused-ring (bicyclic) bond motifs is 1. The Bertz CT molecular complexity index is 953. The van der Waals surface area contributed by atoms with E-state index < -0.39 is 0 Å². The van der Waals surface area contributed by atoms with Gasteiger partial charge in [-0.1, -0.05) is 30.3 Å². The fourth-order valence-corrected chi connectivity index (χ4v) is 7.55. The summed E-state index contributed by atoms with van der Waals surface area (Å²) in [6, 6.07) is 10.3. The van der Waals surface area contributed by atoms with Crippen LogP contribution in [0.2, 0.25) is 0 Å². The van der Waals surface area contributed by atoms with Gasteiger partial charge in [0.25, 0.3) is 0 Å². The molecule has 5 nitrogen and oxygen atoms in total. The largest absolute Gasteiger partial charge is 0.369 e. The predicted molar refractivity (Wildman–Crippen MR) is 125 cm³/mol. The number of anilines is 1. The third-order valence-electron chi connectivity index (χ3n) is 8.63. The Morgan fingerprint density at radius 3 is 2.47 bits per heavy atom. The molecule has 168 valence electrons. The SMILES string of the molecule is O=C(CCc1ccccc1)N1CCc2c(ncnc2NCC23CC4CC(CC(C4)C2)C3)C1. The van der Waals surface area contributed by atoms with Gasteiger partial charge in [-0.15, -0.1) is 0 Å². The highest BCUT2D eigenvalue weighted by Gasteiger charge is 2.50. The van der Waals surface area contributed by atoms with Crippen LogP contribution in [0.25, 0.3) is 0 Å². The van der Waals surface area contributed by atoms with E-state index in [9.17, 15) is 4.79 Å². The smallest absolute Gasteiger partial charge is 0.223 e. The lowest BCUT2D eigenvalue weighted by Gasteiger charge is -2.57. The van der Waals surface area contributed by atoms with Gasteiger partial charge in [0, 0.05) is 25.1 Å². The Kier molecular flexibility index (Phi) is 5.15. The molecule has 7 rings (SSSR count). The van der Waals surface area contributed by atoms with E-state index >= 15 is 0 Å². The molecule has 1 aromatic carbocycles. The average Bonchev–Trinajstić information content (AvgIpc) is 2.80. The van der Waals surface area contributed by atoms with Gasteiger partial charge in [-0.25, -0.2) is 9.97 Å². The van der Waals surface area contributed by atoms with Crippen molar-refractivity contribution in [2.75, 3.05) is 18.4 Å².